The molecule has 0 aliphatic heterocycles. The summed E-state index contributed by atoms with van der Waals surface area (Å²) in [6.45, 7) is 5.94. The van der Waals surface area contributed by atoms with Gasteiger partial charge in [0.05, 0.1) is 0 Å². The van der Waals surface area contributed by atoms with Gasteiger partial charge < -0.3 is 10.6 Å². The Morgan fingerprint density at radius 2 is 1.95 bits per heavy atom. The number of carbonyl (C=O) groups excluding carboxylic acids is 1. The molecule has 1 heterocycles. The van der Waals surface area contributed by atoms with Crippen molar-refractivity contribution in [1.29, 1.82) is 0 Å². The number of unbranched alkanes of at least 4 members (excludes halogenated alkanes) is 3. The molecule has 4 nitrogen and oxygen atoms in total. The summed E-state index contributed by atoms with van der Waals surface area (Å²) in [6, 6.07) is 3.56. The molecule has 0 fully saturated rings. The van der Waals surface area contributed by atoms with Crippen molar-refractivity contribution in [1.82, 2.24) is 10.3 Å². The molecule has 0 saturated carbocycles. The van der Waals surface area contributed by atoms with Gasteiger partial charge in [0.15, 0.2) is 0 Å². The molecule has 0 radical (unpaired) electrons. The molecule has 0 aliphatic rings. The minimum atomic E-state index is -0.0166. The van der Waals surface area contributed by atoms with Crippen LogP contribution in [-0.4, -0.2) is 24.0 Å². The van der Waals surface area contributed by atoms with Crippen molar-refractivity contribution in [2.45, 2.75) is 46.0 Å². The fraction of sp³-hybridized carbons (Fsp3) is 0.600. The fourth-order valence-corrected chi connectivity index (χ4v) is 1.74. The topological polar surface area (TPSA) is 54.0 Å². The second-order valence-electron chi connectivity index (χ2n) is 4.67. The number of rotatable bonds is 9. The van der Waals surface area contributed by atoms with Gasteiger partial charge in [0.1, 0.15) is 5.82 Å². The van der Waals surface area contributed by atoms with Crippen molar-refractivity contribution >= 4 is 11.7 Å². The first kappa shape index (κ1) is 15.5. The van der Waals surface area contributed by atoms with Gasteiger partial charge in [0, 0.05) is 24.8 Å². The predicted molar refractivity (Wildman–Crippen MR) is 79.5 cm³/mol. The van der Waals surface area contributed by atoms with Gasteiger partial charge in [0.25, 0.3) is 5.91 Å². The number of nitrogens with one attached hydrogen (secondary N) is 2. The van der Waals surface area contributed by atoms with Gasteiger partial charge in [-0.05, 0) is 25.0 Å². The van der Waals surface area contributed by atoms with E-state index in [0.717, 1.165) is 51.0 Å². The largest absolute Gasteiger partial charge is 0.370 e. The van der Waals surface area contributed by atoms with Crippen LogP contribution in [0.5, 0.6) is 0 Å². The molecule has 1 rings (SSSR count). The van der Waals surface area contributed by atoms with Crippen LogP contribution in [0.25, 0.3) is 0 Å². The van der Waals surface area contributed by atoms with Gasteiger partial charge in [-0.15, -0.1) is 0 Å². The molecule has 19 heavy (non-hydrogen) atoms. The first-order chi connectivity index (χ1) is 9.27. The van der Waals surface area contributed by atoms with Gasteiger partial charge in [-0.25, -0.2) is 4.98 Å². The molecule has 0 aromatic carbocycles. The maximum atomic E-state index is 11.9. The molecule has 4 heteroatoms. The smallest absolute Gasteiger partial charge is 0.251 e. The van der Waals surface area contributed by atoms with E-state index in [0.29, 0.717) is 5.56 Å². The van der Waals surface area contributed by atoms with E-state index in [2.05, 4.69) is 29.5 Å². The second kappa shape index (κ2) is 9.36. The van der Waals surface area contributed by atoms with E-state index in [4.69, 9.17) is 0 Å². The molecular formula is C15H25N3O. The van der Waals surface area contributed by atoms with E-state index < -0.39 is 0 Å². The molecule has 1 aromatic rings. The summed E-state index contributed by atoms with van der Waals surface area (Å²) in [5.41, 5.74) is 0.672. The minimum Gasteiger partial charge on any atom is -0.370 e. The lowest BCUT2D eigenvalue weighted by Crippen LogP contribution is -2.24. The molecule has 2 N–H and O–H groups in total. The van der Waals surface area contributed by atoms with E-state index >= 15 is 0 Å². The summed E-state index contributed by atoms with van der Waals surface area (Å²) in [5.74, 6) is 0.756. The number of pyridine rings is 1. The molecule has 0 aliphatic carbocycles. The SMILES string of the molecule is CCCCCNC(=O)c1ccnc(NCCCC)c1. The Labute approximate surface area is 116 Å². The highest BCUT2D eigenvalue weighted by molar-refractivity contribution is 5.94. The first-order valence-electron chi connectivity index (χ1n) is 7.26. The third-order valence-corrected chi connectivity index (χ3v) is 2.92. The lowest BCUT2D eigenvalue weighted by atomic mass is 10.2. The van der Waals surface area contributed by atoms with Crippen LogP contribution in [0.1, 0.15) is 56.3 Å². The minimum absolute atomic E-state index is 0.0166. The number of nitrogens with zero attached hydrogens (tertiary/aromatic N) is 1. The Morgan fingerprint density at radius 3 is 2.68 bits per heavy atom. The Bertz CT molecular complexity index is 379. The van der Waals surface area contributed by atoms with Crippen LogP contribution in [0, 0.1) is 0 Å². The maximum absolute atomic E-state index is 11.9. The van der Waals surface area contributed by atoms with Gasteiger partial charge in [-0.3, -0.25) is 4.79 Å². The fourth-order valence-electron chi connectivity index (χ4n) is 1.74. The molecule has 0 bridgehead atoms. The van der Waals surface area contributed by atoms with Crippen molar-refractivity contribution in [2.24, 2.45) is 0 Å². The first-order valence-corrected chi connectivity index (χ1v) is 7.26. The molecule has 1 aromatic heterocycles. The average molecular weight is 263 g/mol. The van der Waals surface area contributed by atoms with Gasteiger partial charge in [-0.2, -0.15) is 0 Å². The molecular weight excluding hydrogens is 238 g/mol. The van der Waals surface area contributed by atoms with Crippen LogP contribution in [-0.2, 0) is 0 Å². The van der Waals surface area contributed by atoms with Crippen LogP contribution in [0.3, 0.4) is 0 Å². The Hall–Kier alpha value is -1.58. The number of hydrogen-bond donors (Lipinski definition) is 2. The molecule has 0 spiro atoms. The number of anilines is 1. The molecule has 0 atom stereocenters. The van der Waals surface area contributed by atoms with Crippen molar-refractivity contribution in [2.75, 3.05) is 18.4 Å². The van der Waals surface area contributed by atoms with E-state index in [-0.39, 0.29) is 5.91 Å². The van der Waals surface area contributed by atoms with Crippen molar-refractivity contribution in [3.8, 4) is 0 Å². The Morgan fingerprint density at radius 1 is 1.16 bits per heavy atom. The van der Waals surface area contributed by atoms with Gasteiger partial charge in [0.2, 0.25) is 0 Å². The lowest BCUT2D eigenvalue weighted by molar-refractivity contribution is 0.0953. The van der Waals surface area contributed by atoms with Crippen molar-refractivity contribution in [3.63, 3.8) is 0 Å². The zero-order valence-corrected chi connectivity index (χ0v) is 12.0. The Kier molecular flexibility index (Phi) is 7.63. The quantitative estimate of drug-likeness (QED) is 0.673. The summed E-state index contributed by atoms with van der Waals surface area (Å²) in [4.78, 5) is 16.1. The monoisotopic (exact) mass is 263 g/mol. The van der Waals surface area contributed by atoms with E-state index in [1.54, 1.807) is 12.3 Å². The van der Waals surface area contributed by atoms with E-state index in [1.807, 2.05) is 6.07 Å². The molecule has 0 unspecified atom stereocenters. The Balaban J connectivity index is 2.43. The zero-order chi connectivity index (χ0) is 13.9. The van der Waals surface area contributed by atoms with E-state index in [9.17, 15) is 4.79 Å². The highest BCUT2D eigenvalue weighted by Crippen LogP contribution is 2.07. The van der Waals surface area contributed by atoms with Crippen molar-refractivity contribution < 1.29 is 4.79 Å². The van der Waals surface area contributed by atoms with Crippen LogP contribution in [0.15, 0.2) is 18.3 Å². The summed E-state index contributed by atoms with van der Waals surface area (Å²) in [5, 5.41) is 6.16. The normalized spacial score (nSPS) is 10.2. The van der Waals surface area contributed by atoms with Crippen LogP contribution in [0.4, 0.5) is 5.82 Å². The summed E-state index contributed by atoms with van der Waals surface area (Å²) in [6.07, 6.45) is 7.28. The summed E-state index contributed by atoms with van der Waals surface area (Å²) >= 11 is 0. The number of carbonyl (C=O) groups is 1. The van der Waals surface area contributed by atoms with E-state index in [1.165, 1.54) is 0 Å². The van der Waals surface area contributed by atoms with Crippen LogP contribution in [0.2, 0.25) is 0 Å². The number of hydrogen-bond acceptors (Lipinski definition) is 3. The zero-order valence-electron chi connectivity index (χ0n) is 12.0. The second-order valence-corrected chi connectivity index (χ2v) is 4.67. The van der Waals surface area contributed by atoms with Crippen LogP contribution >= 0.6 is 0 Å². The van der Waals surface area contributed by atoms with Gasteiger partial charge in [-0.1, -0.05) is 33.1 Å². The maximum Gasteiger partial charge on any atom is 0.251 e. The summed E-state index contributed by atoms with van der Waals surface area (Å²) in [7, 11) is 0. The molecule has 106 valence electrons. The third-order valence-electron chi connectivity index (χ3n) is 2.92. The molecule has 0 saturated heterocycles. The summed E-state index contributed by atoms with van der Waals surface area (Å²) < 4.78 is 0. The standard InChI is InChI=1S/C15H25N3O/c1-3-5-7-10-18-15(19)13-8-11-17-14(12-13)16-9-6-4-2/h8,11-12H,3-7,9-10H2,1-2H3,(H,16,17)(H,18,19). The average Bonchev–Trinajstić information content (AvgIpc) is 2.44. The highest BCUT2D eigenvalue weighted by Gasteiger charge is 2.05. The molecule has 1 amide bonds. The lowest BCUT2D eigenvalue weighted by Gasteiger charge is -2.07. The number of aromatic nitrogens is 1. The third kappa shape index (κ3) is 6.22. The number of amides is 1. The van der Waals surface area contributed by atoms with Crippen LogP contribution < -0.4 is 10.6 Å². The predicted octanol–water partition coefficient (Wildman–Crippen LogP) is 3.21. The van der Waals surface area contributed by atoms with Gasteiger partial charge >= 0.3 is 0 Å². The van der Waals surface area contributed by atoms with Crippen molar-refractivity contribution in [3.05, 3.63) is 23.9 Å². The highest BCUT2D eigenvalue weighted by atomic mass is 16.1.